The molecule has 0 saturated heterocycles. The zero-order chi connectivity index (χ0) is 12.1. The third-order valence-corrected chi connectivity index (χ3v) is 2.38. The third-order valence-electron chi connectivity index (χ3n) is 2.38. The second-order valence-corrected chi connectivity index (χ2v) is 3.46. The van der Waals surface area contributed by atoms with Gasteiger partial charge < -0.3 is 18.9 Å². The van der Waals surface area contributed by atoms with Crippen LogP contribution in [-0.4, -0.2) is 19.6 Å². The summed E-state index contributed by atoms with van der Waals surface area (Å²) in [6, 6.07) is 5.18. The smallest absolute Gasteiger partial charge is 0.254 e. The molecule has 5 heteroatoms. The highest BCUT2D eigenvalue weighted by Gasteiger charge is 2.15. The van der Waals surface area contributed by atoms with Crippen LogP contribution >= 0.6 is 0 Å². The van der Waals surface area contributed by atoms with Gasteiger partial charge in [0.05, 0.1) is 24.6 Å². The van der Waals surface area contributed by atoms with Crippen LogP contribution in [0.3, 0.4) is 0 Å². The average Bonchev–Trinajstić information content (AvgIpc) is 3.02. The van der Waals surface area contributed by atoms with E-state index in [4.69, 9.17) is 13.6 Å². The lowest BCUT2D eigenvalue weighted by atomic mass is 10.2. The maximum Gasteiger partial charge on any atom is 0.254 e. The molecule has 0 spiro atoms. The van der Waals surface area contributed by atoms with E-state index in [0.717, 1.165) is 0 Å². The molecule has 0 aliphatic carbocycles. The van der Waals surface area contributed by atoms with Gasteiger partial charge >= 0.3 is 0 Å². The zero-order valence-corrected chi connectivity index (χ0v) is 9.38. The summed E-state index contributed by atoms with van der Waals surface area (Å²) in [4.78, 5) is 11.6. The molecule has 0 aliphatic rings. The number of carbonyl (C=O) groups excluding carboxylic acids is 1. The summed E-state index contributed by atoms with van der Waals surface area (Å²) in [6.07, 6.45) is 4.12. The second-order valence-electron chi connectivity index (χ2n) is 3.46. The molecule has 17 heavy (non-hydrogen) atoms. The van der Waals surface area contributed by atoms with Crippen molar-refractivity contribution in [3.05, 3.63) is 48.3 Å². The molecule has 5 nitrogen and oxygen atoms in total. The fraction of sp³-hybridized carbons (Fsp3) is 0.250. The Hall–Kier alpha value is -2.01. The lowest BCUT2D eigenvalue weighted by Gasteiger charge is -2.13. The first-order valence-electron chi connectivity index (χ1n) is 5.18. The van der Waals surface area contributed by atoms with Crippen LogP contribution in [0.1, 0.15) is 22.2 Å². The number of amides is 1. The van der Waals surface area contributed by atoms with Crippen LogP contribution in [0.25, 0.3) is 0 Å². The molecule has 2 aromatic heterocycles. The zero-order valence-electron chi connectivity index (χ0n) is 9.38. The van der Waals surface area contributed by atoms with Gasteiger partial charge in [0.1, 0.15) is 18.1 Å². The topological polar surface area (TPSA) is 64.6 Å². The highest BCUT2D eigenvalue weighted by Crippen LogP contribution is 2.15. The van der Waals surface area contributed by atoms with E-state index in [0.29, 0.717) is 17.9 Å². The summed E-state index contributed by atoms with van der Waals surface area (Å²) < 4.78 is 15.3. The first kappa shape index (κ1) is 11.5. The van der Waals surface area contributed by atoms with Gasteiger partial charge in [-0.15, -0.1) is 0 Å². The molecule has 0 saturated carbocycles. The molecular weight excluding hydrogens is 222 g/mol. The molecule has 2 rings (SSSR count). The van der Waals surface area contributed by atoms with Crippen LogP contribution in [0, 0.1) is 0 Å². The summed E-state index contributed by atoms with van der Waals surface area (Å²) in [6.45, 7) is 0.341. The van der Waals surface area contributed by atoms with Crippen LogP contribution in [0.15, 0.2) is 45.8 Å². The summed E-state index contributed by atoms with van der Waals surface area (Å²) >= 11 is 0. The van der Waals surface area contributed by atoms with Crippen molar-refractivity contribution in [1.29, 1.82) is 0 Å². The van der Waals surface area contributed by atoms with E-state index in [9.17, 15) is 4.79 Å². The fourth-order valence-electron chi connectivity index (χ4n) is 1.46. The number of carbonyl (C=O) groups is 1. The molecule has 1 N–H and O–H groups in total. The van der Waals surface area contributed by atoms with Crippen LogP contribution in [0.5, 0.6) is 0 Å². The van der Waals surface area contributed by atoms with Gasteiger partial charge in [0.15, 0.2) is 0 Å². The molecule has 0 unspecified atom stereocenters. The highest BCUT2D eigenvalue weighted by atomic mass is 16.5. The minimum Gasteiger partial charge on any atom is -0.472 e. The Morgan fingerprint density at radius 3 is 2.94 bits per heavy atom. The van der Waals surface area contributed by atoms with E-state index in [1.165, 1.54) is 12.5 Å². The molecule has 2 heterocycles. The van der Waals surface area contributed by atoms with Gasteiger partial charge in [-0.05, 0) is 18.2 Å². The lowest BCUT2D eigenvalue weighted by molar-refractivity contribution is 0.0738. The Morgan fingerprint density at radius 2 is 2.35 bits per heavy atom. The van der Waals surface area contributed by atoms with Gasteiger partial charge in [-0.3, -0.25) is 4.79 Å². The number of nitrogens with one attached hydrogen (secondary N) is 1. The number of furan rings is 2. The second kappa shape index (κ2) is 5.36. The Labute approximate surface area is 98.4 Å². The summed E-state index contributed by atoms with van der Waals surface area (Å²) in [7, 11) is 1.57. The number of hydrogen-bond donors (Lipinski definition) is 1. The first-order chi connectivity index (χ1) is 8.31. The Kier molecular flexibility index (Phi) is 3.62. The maximum atomic E-state index is 11.6. The van der Waals surface area contributed by atoms with Crippen LogP contribution in [0.4, 0.5) is 0 Å². The summed E-state index contributed by atoms with van der Waals surface area (Å²) in [5.74, 6) is 0.479. The average molecular weight is 235 g/mol. The van der Waals surface area contributed by atoms with Crippen molar-refractivity contribution in [2.24, 2.45) is 0 Å². The highest BCUT2D eigenvalue weighted by molar-refractivity contribution is 5.93. The molecule has 0 bridgehead atoms. The molecule has 0 aliphatic heterocycles. The van der Waals surface area contributed by atoms with E-state index in [-0.39, 0.29) is 12.0 Å². The molecule has 0 radical (unpaired) electrons. The van der Waals surface area contributed by atoms with E-state index in [2.05, 4.69) is 5.32 Å². The normalized spacial score (nSPS) is 12.3. The van der Waals surface area contributed by atoms with Gasteiger partial charge in [0, 0.05) is 7.11 Å². The first-order valence-corrected chi connectivity index (χ1v) is 5.18. The van der Waals surface area contributed by atoms with E-state index in [1.54, 1.807) is 31.6 Å². The largest absolute Gasteiger partial charge is 0.472 e. The van der Waals surface area contributed by atoms with Crippen molar-refractivity contribution in [2.75, 3.05) is 13.7 Å². The quantitative estimate of drug-likeness (QED) is 0.860. The number of ether oxygens (including phenoxy) is 1. The van der Waals surface area contributed by atoms with E-state index < -0.39 is 0 Å². The predicted molar refractivity (Wildman–Crippen MR) is 59.5 cm³/mol. The van der Waals surface area contributed by atoms with Crippen molar-refractivity contribution in [1.82, 2.24) is 5.32 Å². The molecular formula is C12H13NO4. The molecule has 0 aromatic carbocycles. The van der Waals surface area contributed by atoms with Crippen LogP contribution in [-0.2, 0) is 4.74 Å². The minimum absolute atomic E-state index is 0.202. The fourth-order valence-corrected chi connectivity index (χ4v) is 1.46. The van der Waals surface area contributed by atoms with Gasteiger partial charge in [-0.25, -0.2) is 0 Å². The Bertz CT molecular complexity index is 447. The number of methoxy groups -OCH3 is 1. The molecule has 1 amide bonds. The van der Waals surface area contributed by atoms with Crippen molar-refractivity contribution in [3.63, 3.8) is 0 Å². The number of hydrogen-bond acceptors (Lipinski definition) is 4. The lowest BCUT2D eigenvalue weighted by Crippen LogP contribution is -2.28. The monoisotopic (exact) mass is 235 g/mol. The van der Waals surface area contributed by atoms with Gasteiger partial charge in [0.25, 0.3) is 5.91 Å². The van der Waals surface area contributed by atoms with E-state index >= 15 is 0 Å². The SMILES string of the molecule is CO[C@@H](CNC(=O)c1ccoc1)c1ccco1. The van der Waals surface area contributed by atoms with Gasteiger partial charge in [-0.1, -0.05) is 0 Å². The Balaban J connectivity index is 1.91. The molecule has 0 fully saturated rings. The van der Waals surface area contributed by atoms with Crippen LogP contribution in [0.2, 0.25) is 0 Å². The van der Waals surface area contributed by atoms with Gasteiger partial charge in [-0.2, -0.15) is 0 Å². The Morgan fingerprint density at radius 1 is 1.47 bits per heavy atom. The van der Waals surface area contributed by atoms with Crippen molar-refractivity contribution in [2.45, 2.75) is 6.10 Å². The number of rotatable bonds is 5. The van der Waals surface area contributed by atoms with Crippen molar-refractivity contribution >= 4 is 5.91 Å². The van der Waals surface area contributed by atoms with E-state index in [1.807, 2.05) is 0 Å². The molecule has 2 aromatic rings. The van der Waals surface area contributed by atoms with Crippen molar-refractivity contribution < 1.29 is 18.4 Å². The molecule has 90 valence electrons. The summed E-state index contributed by atoms with van der Waals surface area (Å²) in [5.41, 5.74) is 0.485. The summed E-state index contributed by atoms with van der Waals surface area (Å²) in [5, 5.41) is 2.74. The third kappa shape index (κ3) is 2.76. The maximum absolute atomic E-state index is 11.6. The predicted octanol–water partition coefficient (Wildman–Crippen LogP) is 1.99. The minimum atomic E-state index is -0.291. The van der Waals surface area contributed by atoms with Crippen molar-refractivity contribution in [3.8, 4) is 0 Å². The standard InChI is InChI=1S/C12H13NO4/c1-15-11(10-3-2-5-17-10)7-13-12(14)9-4-6-16-8-9/h2-6,8,11H,7H2,1H3,(H,13,14)/t11-/m0/s1. The van der Waals surface area contributed by atoms with Gasteiger partial charge in [0.2, 0.25) is 0 Å². The van der Waals surface area contributed by atoms with Crippen LogP contribution < -0.4 is 5.32 Å². The molecule has 1 atom stereocenters.